The molecule has 0 amide bonds. The monoisotopic (exact) mass is 366 g/mol. The van der Waals surface area contributed by atoms with Crippen LogP contribution in [0.15, 0.2) is 66.7 Å². The first-order valence-electron chi connectivity index (χ1n) is 9.69. The Kier molecular flexibility index (Phi) is 6.67. The largest absolute Gasteiger partial charge is 0.206 e. The van der Waals surface area contributed by atoms with Gasteiger partial charge in [-0.2, -0.15) is 0 Å². The number of benzene rings is 3. The smallest absolute Gasteiger partial charge is 0.139 e. The molecule has 0 N–H and O–H groups in total. The molecule has 0 nitrogen and oxygen atoms in total. The van der Waals surface area contributed by atoms with Gasteiger partial charge in [0.25, 0.3) is 0 Å². The van der Waals surface area contributed by atoms with Gasteiger partial charge in [0.1, 0.15) is 5.82 Å². The van der Waals surface area contributed by atoms with Gasteiger partial charge in [-0.1, -0.05) is 74.3 Å². The Morgan fingerprint density at radius 2 is 1.36 bits per heavy atom. The lowest BCUT2D eigenvalue weighted by Gasteiger charge is -2.05. The van der Waals surface area contributed by atoms with Gasteiger partial charge in [0.15, 0.2) is 0 Å². The molecule has 3 aromatic carbocycles. The zero-order valence-corrected chi connectivity index (χ0v) is 16.4. The van der Waals surface area contributed by atoms with Crippen LogP contribution in [0.2, 0.25) is 0 Å². The zero-order valence-electron chi connectivity index (χ0n) is 16.4. The summed E-state index contributed by atoms with van der Waals surface area (Å²) in [6.07, 6.45) is 3.02. The molecule has 28 heavy (non-hydrogen) atoms. The van der Waals surface area contributed by atoms with Gasteiger partial charge >= 0.3 is 0 Å². The van der Waals surface area contributed by atoms with Crippen molar-refractivity contribution in [2.24, 2.45) is 0 Å². The molecule has 3 aromatic rings. The van der Waals surface area contributed by atoms with E-state index in [1.807, 2.05) is 49.4 Å². The Bertz CT molecular complexity index is 1050. The molecule has 138 valence electrons. The van der Waals surface area contributed by atoms with Gasteiger partial charge < -0.3 is 0 Å². The van der Waals surface area contributed by atoms with E-state index < -0.39 is 0 Å². The van der Waals surface area contributed by atoms with Crippen molar-refractivity contribution in [3.8, 4) is 34.8 Å². The lowest BCUT2D eigenvalue weighted by Crippen LogP contribution is -1.88. The van der Waals surface area contributed by atoms with E-state index in [1.54, 1.807) is 12.1 Å². The van der Waals surface area contributed by atoms with Crippen LogP contribution in [0.3, 0.4) is 0 Å². The fraction of sp³-hybridized carbons (Fsp3) is 0.185. The summed E-state index contributed by atoms with van der Waals surface area (Å²) in [5.41, 5.74) is 5.40. The molecule has 0 fully saturated rings. The molecule has 0 aliphatic rings. The number of aryl methyl sites for hydroxylation is 1. The number of hydrogen-bond donors (Lipinski definition) is 0. The molecule has 0 spiro atoms. The molecule has 0 radical (unpaired) electrons. The van der Waals surface area contributed by atoms with Crippen LogP contribution >= 0.6 is 0 Å². The number of hydrogen-bond acceptors (Lipinski definition) is 0. The van der Waals surface area contributed by atoms with Crippen molar-refractivity contribution in [3.05, 3.63) is 94.8 Å². The molecule has 0 aliphatic heterocycles. The quantitative estimate of drug-likeness (QED) is 0.458. The van der Waals surface area contributed by atoms with Gasteiger partial charge in [-0.3, -0.25) is 0 Å². The van der Waals surface area contributed by atoms with E-state index in [9.17, 15) is 4.39 Å². The van der Waals surface area contributed by atoms with Gasteiger partial charge in [0.05, 0.1) is 5.56 Å². The molecule has 0 aromatic heterocycles. The lowest BCUT2D eigenvalue weighted by atomic mass is 10.0. The summed E-state index contributed by atoms with van der Waals surface area (Å²) in [4.78, 5) is 0. The Morgan fingerprint density at radius 3 is 1.96 bits per heavy atom. The molecule has 0 bridgehead atoms. The van der Waals surface area contributed by atoms with E-state index in [2.05, 4.69) is 42.7 Å². The van der Waals surface area contributed by atoms with Crippen molar-refractivity contribution in [1.82, 2.24) is 0 Å². The third kappa shape index (κ3) is 5.12. The predicted molar refractivity (Wildman–Crippen MR) is 115 cm³/mol. The van der Waals surface area contributed by atoms with Gasteiger partial charge in [0, 0.05) is 17.5 Å². The number of halogens is 1. The van der Waals surface area contributed by atoms with Crippen molar-refractivity contribution >= 4 is 0 Å². The second-order valence-corrected chi connectivity index (χ2v) is 6.62. The van der Waals surface area contributed by atoms with Crippen LogP contribution in [0.25, 0.3) is 11.1 Å². The fourth-order valence-electron chi connectivity index (χ4n) is 2.92. The average molecular weight is 366 g/mol. The van der Waals surface area contributed by atoms with Gasteiger partial charge in [-0.05, 0) is 59.5 Å². The summed E-state index contributed by atoms with van der Waals surface area (Å²) in [6.45, 7) is 4.19. The topological polar surface area (TPSA) is 0 Å². The van der Waals surface area contributed by atoms with Crippen molar-refractivity contribution in [2.75, 3.05) is 0 Å². The first kappa shape index (κ1) is 19.5. The van der Waals surface area contributed by atoms with E-state index in [0.29, 0.717) is 5.56 Å². The second kappa shape index (κ2) is 9.59. The molecule has 0 heterocycles. The fourth-order valence-corrected chi connectivity index (χ4v) is 2.92. The van der Waals surface area contributed by atoms with Crippen molar-refractivity contribution in [3.63, 3.8) is 0 Å². The maximum Gasteiger partial charge on any atom is 0.139 e. The molecule has 0 saturated heterocycles. The van der Waals surface area contributed by atoms with Crippen LogP contribution < -0.4 is 0 Å². The Morgan fingerprint density at radius 1 is 0.714 bits per heavy atom. The summed E-state index contributed by atoms with van der Waals surface area (Å²) in [7, 11) is 0. The van der Waals surface area contributed by atoms with E-state index >= 15 is 0 Å². The highest BCUT2D eigenvalue weighted by atomic mass is 19.1. The molecule has 0 unspecified atom stereocenters. The molecule has 3 rings (SSSR count). The van der Waals surface area contributed by atoms with Gasteiger partial charge in [0.2, 0.25) is 0 Å². The highest BCUT2D eigenvalue weighted by Crippen LogP contribution is 2.22. The zero-order chi connectivity index (χ0) is 19.8. The minimum Gasteiger partial charge on any atom is -0.206 e. The normalized spacial score (nSPS) is 9.82. The molecule has 0 atom stereocenters. The molecular weight excluding hydrogens is 343 g/mol. The van der Waals surface area contributed by atoms with E-state index in [4.69, 9.17) is 0 Å². The van der Waals surface area contributed by atoms with Crippen LogP contribution in [0.1, 0.15) is 48.9 Å². The average Bonchev–Trinajstić information content (AvgIpc) is 2.73. The van der Waals surface area contributed by atoms with E-state index in [0.717, 1.165) is 41.5 Å². The minimum atomic E-state index is -0.298. The summed E-state index contributed by atoms with van der Waals surface area (Å²) in [6, 6.07) is 21.3. The van der Waals surface area contributed by atoms with Crippen LogP contribution in [-0.4, -0.2) is 0 Å². The summed E-state index contributed by atoms with van der Waals surface area (Å²) in [5.74, 6) is 11.8. The maximum atomic E-state index is 14.5. The first-order chi connectivity index (χ1) is 13.7. The van der Waals surface area contributed by atoms with Gasteiger partial charge in [-0.15, -0.1) is 0 Å². The van der Waals surface area contributed by atoms with Crippen molar-refractivity contribution < 1.29 is 4.39 Å². The van der Waals surface area contributed by atoms with Crippen molar-refractivity contribution in [2.45, 2.75) is 33.1 Å². The highest BCUT2D eigenvalue weighted by Gasteiger charge is 2.04. The number of rotatable bonds is 3. The minimum absolute atomic E-state index is 0.298. The van der Waals surface area contributed by atoms with Crippen LogP contribution in [0.4, 0.5) is 4.39 Å². The van der Waals surface area contributed by atoms with Crippen molar-refractivity contribution in [1.29, 1.82) is 0 Å². The maximum absolute atomic E-state index is 14.5. The first-order valence-corrected chi connectivity index (χ1v) is 9.69. The van der Waals surface area contributed by atoms with Crippen LogP contribution in [-0.2, 0) is 6.42 Å². The highest BCUT2D eigenvalue weighted by molar-refractivity contribution is 5.65. The Hall–Kier alpha value is -3.29. The predicted octanol–water partition coefficient (Wildman–Crippen LogP) is 6.61. The van der Waals surface area contributed by atoms with Crippen LogP contribution in [0.5, 0.6) is 0 Å². The summed E-state index contributed by atoms with van der Waals surface area (Å²) in [5, 5.41) is 0. The summed E-state index contributed by atoms with van der Waals surface area (Å²) >= 11 is 0. The molecular formula is C27H23F. The molecule has 1 heteroatoms. The molecule has 0 saturated carbocycles. The van der Waals surface area contributed by atoms with Gasteiger partial charge in [-0.25, -0.2) is 4.39 Å². The standard InChI is InChI=1S/C27H23F/c1-3-5-7-22-8-10-23(11-9-22)14-17-25-18-19-26(20-27(25)28)24-15-12-21(6-4-2)13-16-24/h8-13,15-16,18-20H,3-4,6H2,1-2H3. The molecule has 0 aliphatic carbocycles. The van der Waals surface area contributed by atoms with E-state index in [1.165, 1.54) is 5.56 Å². The third-order valence-corrected chi connectivity index (χ3v) is 4.43. The Labute approximate surface area is 167 Å². The van der Waals surface area contributed by atoms with Crippen LogP contribution in [0, 0.1) is 29.5 Å². The van der Waals surface area contributed by atoms with E-state index in [-0.39, 0.29) is 5.82 Å². The Balaban J connectivity index is 1.77. The third-order valence-electron chi connectivity index (χ3n) is 4.43. The lowest BCUT2D eigenvalue weighted by molar-refractivity contribution is 0.625. The summed E-state index contributed by atoms with van der Waals surface area (Å²) < 4.78 is 14.5. The SMILES string of the molecule is CCC#Cc1ccc(C#Cc2ccc(-c3ccc(CCC)cc3)cc2F)cc1. The second-order valence-electron chi connectivity index (χ2n) is 6.62.